The summed E-state index contributed by atoms with van der Waals surface area (Å²) in [4.78, 5) is 12.8. The molecule has 2 aromatic rings. The molecule has 0 saturated carbocycles. The molecule has 0 aliphatic rings. The number of aryl methyl sites for hydroxylation is 2. The summed E-state index contributed by atoms with van der Waals surface area (Å²) in [6.45, 7) is 10.9. The molecule has 0 unspecified atom stereocenters. The standard InChI is InChI=1S/C22H27N3O3S/c1-14(2)13-25-16(4)9-18(17(25)5)10-19(12-23)22(26)24-21-11-20(29(6,27)28)8-7-15(21)3/h7-11,14H,13H2,1-6H3,(H,24,26)/b19-10+. The van der Waals surface area contributed by atoms with Gasteiger partial charge in [0.25, 0.3) is 5.91 Å². The topological polar surface area (TPSA) is 92.0 Å². The van der Waals surface area contributed by atoms with Gasteiger partial charge in [0.15, 0.2) is 9.84 Å². The van der Waals surface area contributed by atoms with Gasteiger partial charge in [-0.15, -0.1) is 0 Å². The summed E-state index contributed by atoms with van der Waals surface area (Å²) in [7, 11) is -3.40. The van der Waals surface area contributed by atoms with Gasteiger partial charge >= 0.3 is 0 Å². The lowest BCUT2D eigenvalue weighted by molar-refractivity contribution is -0.112. The van der Waals surface area contributed by atoms with Crippen LogP contribution in [0, 0.1) is 38.0 Å². The second-order valence-corrected chi connectivity index (χ2v) is 9.72. The maximum Gasteiger partial charge on any atom is 0.266 e. The molecular formula is C22H27N3O3S. The molecule has 0 saturated heterocycles. The van der Waals surface area contributed by atoms with E-state index in [1.807, 2.05) is 26.0 Å². The molecular weight excluding hydrogens is 386 g/mol. The second-order valence-electron chi connectivity index (χ2n) is 7.70. The molecule has 1 heterocycles. The molecule has 0 spiro atoms. The number of sulfone groups is 1. The number of rotatable bonds is 6. The molecule has 1 amide bonds. The average molecular weight is 414 g/mol. The van der Waals surface area contributed by atoms with Crippen molar-refractivity contribution < 1.29 is 13.2 Å². The van der Waals surface area contributed by atoms with E-state index >= 15 is 0 Å². The van der Waals surface area contributed by atoms with Crippen LogP contribution in [-0.2, 0) is 21.2 Å². The van der Waals surface area contributed by atoms with Crippen LogP contribution in [-0.4, -0.2) is 25.1 Å². The Kier molecular flexibility index (Phi) is 6.70. The molecule has 0 atom stereocenters. The highest BCUT2D eigenvalue weighted by molar-refractivity contribution is 7.90. The maximum atomic E-state index is 12.7. The van der Waals surface area contributed by atoms with Crippen LogP contribution in [0.4, 0.5) is 5.69 Å². The van der Waals surface area contributed by atoms with Crippen LogP contribution < -0.4 is 5.32 Å². The third-order valence-corrected chi connectivity index (χ3v) is 5.82. The van der Waals surface area contributed by atoms with E-state index in [2.05, 4.69) is 23.7 Å². The average Bonchev–Trinajstić information content (AvgIpc) is 2.87. The van der Waals surface area contributed by atoms with Crippen LogP contribution in [0.25, 0.3) is 6.08 Å². The van der Waals surface area contributed by atoms with E-state index in [1.54, 1.807) is 19.1 Å². The van der Waals surface area contributed by atoms with Crippen molar-refractivity contribution in [3.8, 4) is 6.07 Å². The molecule has 1 aromatic carbocycles. The highest BCUT2D eigenvalue weighted by Gasteiger charge is 2.16. The Morgan fingerprint density at radius 2 is 1.90 bits per heavy atom. The van der Waals surface area contributed by atoms with Crippen molar-refractivity contribution >= 4 is 27.5 Å². The number of carbonyl (C=O) groups is 1. The highest BCUT2D eigenvalue weighted by atomic mass is 32.2. The molecule has 2 rings (SSSR count). The van der Waals surface area contributed by atoms with Gasteiger partial charge in [0, 0.05) is 29.9 Å². The number of aromatic nitrogens is 1. The monoisotopic (exact) mass is 413 g/mol. The zero-order valence-corrected chi connectivity index (χ0v) is 18.5. The number of benzene rings is 1. The summed E-state index contributed by atoms with van der Waals surface area (Å²) in [5.41, 5.74) is 3.90. The van der Waals surface area contributed by atoms with Crippen molar-refractivity contribution in [2.75, 3.05) is 11.6 Å². The van der Waals surface area contributed by atoms with Gasteiger partial charge in [0.2, 0.25) is 0 Å². The summed E-state index contributed by atoms with van der Waals surface area (Å²) in [5, 5.41) is 12.2. The lowest BCUT2D eigenvalue weighted by atomic mass is 10.1. The van der Waals surface area contributed by atoms with E-state index in [0.717, 1.165) is 29.8 Å². The van der Waals surface area contributed by atoms with Crippen molar-refractivity contribution in [3.63, 3.8) is 0 Å². The van der Waals surface area contributed by atoms with Crippen molar-refractivity contribution in [1.29, 1.82) is 5.26 Å². The van der Waals surface area contributed by atoms with Crippen molar-refractivity contribution in [1.82, 2.24) is 4.57 Å². The fourth-order valence-electron chi connectivity index (χ4n) is 3.08. The molecule has 0 radical (unpaired) electrons. The largest absolute Gasteiger partial charge is 0.348 e. The van der Waals surface area contributed by atoms with Gasteiger partial charge in [0.05, 0.1) is 4.90 Å². The van der Waals surface area contributed by atoms with Crippen LogP contribution in [0.3, 0.4) is 0 Å². The molecule has 0 fully saturated rings. The van der Waals surface area contributed by atoms with Gasteiger partial charge in [-0.2, -0.15) is 5.26 Å². The Morgan fingerprint density at radius 1 is 1.24 bits per heavy atom. The molecule has 1 N–H and O–H groups in total. The van der Waals surface area contributed by atoms with Gasteiger partial charge in [-0.3, -0.25) is 4.79 Å². The first-order chi connectivity index (χ1) is 13.4. The Labute approximate surface area is 172 Å². The second kappa shape index (κ2) is 8.66. The SMILES string of the molecule is Cc1ccc(S(C)(=O)=O)cc1NC(=O)/C(C#N)=C/c1cc(C)n(CC(C)C)c1C. The minimum atomic E-state index is -3.40. The lowest BCUT2D eigenvalue weighted by Gasteiger charge is -2.12. The molecule has 0 bridgehead atoms. The normalized spacial score (nSPS) is 12.1. The minimum Gasteiger partial charge on any atom is -0.348 e. The highest BCUT2D eigenvalue weighted by Crippen LogP contribution is 2.23. The zero-order chi connectivity index (χ0) is 21.9. The van der Waals surface area contributed by atoms with Crippen LogP contribution in [0.1, 0.15) is 36.4 Å². The van der Waals surface area contributed by atoms with E-state index in [0.29, 0.717) is 17.2 Å². The van der Waals surface area contributed by atoms with Gasteiger partial charge in [-0.1, -0.05) is 19.9 Å². The summed E-state index contributed by atoms with van der Waals surface area (Å²) < 4.78 is 25.7. The predicted molar refractivity (Wildman–Crippen MR) is 115 cm³/mol. The van der Waals surface area contributed by atoms with E-state index in [4.69, 9.17) is 0 Å². The molecule has 0 aliphatic carbocycles. The number of amides is 1. The van der Waals surface area contributed by atoms with Crippen LogP contribution in [0.2, 0.25) is 0 Å². The fourth-order valence-corrected chi connectivity index (χ4v) is 3.73. The first kappa shape index (κ1) is 22.4. The van der Waals surface area contributed by atoms with Crippen molar-refractivity contribution in [2.24, 2.45) is 5.92 Å². The quantitative estimate of drug-likeness (QED) is 0.572. The fraction of sp³-hybridized carbons (Fsp3) is 0.364. The van der Waals surface area contributed by atoms with E-state index in [1.165, 1.54) is 12.1 Å². The Bertz CT molecular complexity index is 1120. The van der Waals surface area contributed by atoms with E-state index in [9.17, 15) is 18.5 Å². The Hall–Kier alpha value is -2.85. The number of anilines is 1. The minimum absolute atomic E-state index is 0.0426. The third-order valence-electron chi connectivity index (χ3n) is 4.71. The number of nitrogens with zero attached hydrogens (tertiary/aromatic N) is 2. The summed E-state index contributed by atoms with van der Waals surface area (Å²) in [6, 6.07) is 8.44. The van der Waals surface area contributed by atoms with Crippen LogP contribution in [0.5, 0.6) is 0 Å². The van der Waals surface area contributed by atoms with Crippen LogP contribution >= 0.6 is 0 Å². The van der Waals surface area contributed by atoms with Crippen LogP contribution in [0.15, 0.2) is 34.7 Å². The zero-order valence-electron chi connectivity index (χ0n) is 17.7. The molecule has 29 heavy (non-hydrogen) atoms. The predicted octanol–water partition coefficient (Wildman–Crippen LogP) is 4.02. The molecule has 1 aromatic heterocycles. The number of hydrogen-bond donors (Lipinski definition) is 1. The van der Waals surface area contributed by atoms with Gasteiger partial charge in [-0.05, 0) is 62.1 Å². The molecule has 7 heteroatoms. The van der Waals surface area contributed by atoms with Gasteiger partial charge in [0.1, 0.15) is 11.6 Å². The van der Waals surface area contributed by atoms with E-state index in [-0.39, 0.29) is 10.5 Å². The van der Waals surface area contributed by atoms with E-state index < -0.39 is 15.7 Å². The van der Waals surface area contributed by atoms with Gasteiger partial charge in [-0.25, -0.2) is 8.42 Å². The van der Waals surface area contributed by atoms with Crippen molar-refractivity contribution in [3.05, 3.63) is 52.4 Å². The number of nitriles is 1. The Morgan fingerprint density at radius 3 is 2.45 bits per heavy atom. The lowest BCUT2D eigenvalue weighted by Crippen LogP contribution is -2.15. The smallest absolute Gasteiger partial charge is 0.266 e. The first-order valence-corrected chi connectivity index (χ1v) is 11.2. The van der Waals surface area contributed by atoms with Gasteiger partial charge < -0.3 is 9.88 Å². The first-order valence-electron chi connectivity index (χ1n) is 9.34. The summed E-state index contributed by atoms with van der Waals surface area (Å²) in [6.07, 6.45) is 2.68. The number of nitrogens with one attached hydrogen (secondary N) is 1. The maximum absolute atomic E-state index is 12.7. The Balaban J connectivity index is 2.37. The summed E-state index contributed by atoms with van der Waals surface area (Å²) >= 11 is 0. The molecule has 6 nitrogen and oxygen atoms in total. The third kappa shape index (κ3) is 5.36. The molecule has 154 valence electrons. The number of carbonyl (C=O) groups excluding carboxylic acids is 1. The summed E-state index contributed by atoms with van der Waals surface area (Å²) in [5.74, 6) is -0.102. The number of hydrogen-bond acceptors (Lipinski definition) is 4. The van der Waals surface area contributed by atoms with Crippen molar-refractivity contribution in [2.45, 2.75) is 46.1 Å². The molecule has 0 aliphatic heterocycles.